The molecule has 0 spiro atoms. The molecule has 0 aromatic carbocycles. The summed E-state index contributed by atoms with van der Waals surface area (Å²) >= 11 is 0. The highest BCUT2D eigenvalue weighted by atomic mass is 16.8. The Balaban J connectivity index is 1.90. The molecule has 0 aromatic rings. The van der Waals surface area contributed by atoms with Gasteiger partial charge in [-0.25, -0.2) is 0 Å². The van der Waals surface area contributed by atoms with Crippen LogP contribution in [0.2, 0.25) is 0 Å². The lowest BCUT2D eigenvalue weighted by Gasteiger charge is -2.39. The molecular formula is C11H14O5. The van der Waals surface area contributed by atoms with Crippen molar-refractivity contribution in [2.45, 2.75) is 5.97 Å². The summed E-state index contributed by atoms with van der Waals surface area (Å²) in [6.07, 6.45) is 3.98. The Morgan fingerprint density at radius 1 is 1.44 bits per heavy atom. The van der Waals surface area contributed by atoms with Crippen LogP contribution in [0.15, 0.2) is 12.2 Å². The molecule has 2 heterocycles. The predicted molar refractivity (Wildman–Crippen MR) is 52.0 cm³/mol. The molecule has 2 aliphatic heterocycles. The molecule has 88 valence electrons. The number of aliphatic hydroxyl groups is 1. The number of ether oxygens (including phenoxy) is 3. The largest absolute Gasteiger partial charge is 0.469 e. The van der Waals surface area contributed by atoms with Gasteiger partial charge in [-0.1, -0.05) is 12.2 Å². The van der Waals surface area contributed by atoms with Crippen molar-refractivity contribution < 1.29 is 24.1 Å². The summed E-state index contributed by atoms with van der Waals surface area (Å²) in [6.45, 7) is 0.587. The predicted octanol–water partition coefficient (Wildman–Crippen LogP) is -0.0995. The Bertz CT molecular complexity index is 352. The third kappa shape index (κ3) is 1.19. The average molecular weight is 226 g/mol. The highest BCUT2D eigenvalue weighted by Gasteiger charge is 2.60. The fourth-order valence-corrected chi connectivity index (χ4v) is 3.00. The molecule has 1 unspecified atom stereocenters. The minimum atomic E-state index is -1.51. The minimum absolute atomic E-state index is 0.0429. The lowest BCUT2D eigenvalue weighted by atomic mass is 9.78. The van der Waals surface area contributed by atoms with Crippen molar-refractivity contribution in [1.82, 2.24) is 0 Å². The van der Waals surface area contributed by atoms with Gasteiger partial charge in [0.2, 0.25) is 0 Å². The Hall–Kier alpha value is -0.910. The summed E-state index contributed by atoms with van der Waals surface area (Å²) in [5.74, 6) is -2.21. The van der Waals surface area contributed by atoms with Crippen molar-refractivity contribution >= 4 is 5.97 Å². The van der Waals surface area contributed by atoms with Crippen molar-refractivity contribution in [3.63, 3.8) is 0 Å². The van der Waals surface area contributed by atoms with Gasteiger partial charge in [-0.3, -0.25) is 4.79 Å². The maximum absolute atomic E-state index is 11.6. The van der Waals surface area contributed by atoms with Crippen molar-refractivity contribution in [2.24, 2.45) is 23.7 Å². The number of hydrogen-bond donors (Lipinski definition) is 1. The van der Waals surface area contributed by atoms with E-state index in [4.69, 9.17) is 14.2 Å². The normalized spacial score (nSPS) is 49.1. The lowest BCUT2D eigenvalue weighted by Crippen LogP contribution is -2.51. The number of allylic oxidation sites excluding steroid dienone is 1. The van der Waals surface area contributed by atoms with Gasteiger partial charge < -0.3 is 19.3 Å². The molecular weight excluding hydrogens is 212 g/mol. The summed E-state index contributed by atoms with van der Waals surface area (Å²) in [4.78, 5) is 11.6. The van der Waals surface area contributed by atoms with Gasteiger partial charge in [-0.05, 0) is 0 Å². The van der Waals surface area contributed by atoms with Crippen LogP contribution in [0.4, 0.5) is 0 Å². The van der Waals surface area contributed by atoms with E-state index in [1.165, 1.54) is 7.11 Å². The third-order valence-electron chi connectivity index (χ3n) is 3.80. The number of carbonyl (C=O) groups excluding carboxylic acids is 1. The smallest absolute Gasteiger partial charge is 0.311 e. The maximum atomic E-state index is 11.6. The molecule has 3 rings (SSSR count). The molecule has 5 nitrogen and oxygen atoms in total. The second kappa shape index (κ2) is 3.29. The minimum Gasteiger partial charge on any atom is -0.469 e. The van der Waals surface area contributed by atoms with E-state index < -0.39 is 5.97 Å². The van der Waals surface area contributed by atoms with E-state index >= 15 is 0 Å². The van der Waals surface area contributed by atoms with E-state index in [2.05, 4.69) is 0 Å². The average Bonchev–Trinajstić information content (AvgIpc) is 2.84. The van der Waals surface area contributed by atoms with Crippen molar-refractivity contribution in [1.29, 1.82) is 0 Å². The van der Waals surface area contributed by atoms with E-state index in [9.17, 15) is 9.90 Å². The van der Waals surface area contributed by atoms with Crippen LogP contribution < -0.4 is 0 Å². The Morgan fingerprint density at radius 2 is 2.19 bits per heavy atom. The van der Waals surface area contributed by atoms with Crippen molar-refractivity contribution in [3.05, 3.63) is 12.2 Å². The molecule has 0 amide bonds. The van der Waals surface area contributed by atoms with E-state index in [0.717, 1.165) is 0 Å². The number of methoxy groups -OCH3 is 1. The van der Waals surface area contributed by atoms with Crippen molar-refractivity contribution in [3.8, 4) is 0 Å². The van der Waals surface area contributed by atoms with E-state index in [0.29, 0.717) is 6.61 Å². The van der Waals surface area contributed by atoms with Gasteiger partial charge in [0, 0.05) is 11.8 Å². The topological polar surface area (TPSA) is 65.0 Å². The Kier molecular flexibility index (Phi) is 2.11. The third-order valence-corrected chi connectivity index (χ3v) is 3.80. The number of hydrogen-bond acceptors (Lipinski definition) is 5. The van der Waals surface area contributed by atoms with Gasteiger partial charge in [0.1, 0.15) is 0 Å². The summed E-state index contributed by atoms with van der Waals surface area (Å²) in [6, 6.07) is 0. The quantitative estimate of drug-likeness (QED) is 0.499. The van der Waals surface area contributed by atoms with Crippen LogP contribution in [-0.4, -0.2) is 37.4 Å². The molecule has 0 radical (unpaired) electrons. The van der Waals surface area contributed by atoms with Gasteiger partial charge in [0.25, 0.3) is 5.97 Å². The summed E-state index contributed by atoms with van der Waals surface area (Å²) in [7, 11) is 1.37. The van der Waals surface area contributed by atoms with Crippen molar-refractivity contribution in [2.75, 3.05) is 20.3 Å². The molecule has 1 aliphatic carbocycles. The van der Waals surface area contributed by atoms with E-state index in [-0.39, 0.29) is 36.2 Å². The van der Waals surface area contributed by atoms with Crippen LogP contribution in [0.25, 0.3) is 0 Å². The molecule has 2 fully saturated rings. The second-order valence-electron chi connectivity index (χ2n) is 4.53. The van der Waals surface area contributed by atoms with Crippen LogP contribution in [0.3, 0.4) is 0 Å². The monoisotopic (exact) mass is 226 g/mol. The zero-order valence-electron chi connectivity index (χ0n) is 8.96. The highest BCUT2D eigenvalue weighted by Crippen LogP contribution is 2.51. The van der Waals surface area contributed by atoms with Crippen LogP contribution in [0.1, 0.15) is 0 Å². The maximum Gasteiger partial charge on any atom is 0.311 e. The first-order valence-electron chi connectivity index (χ1n) is 5.42. The molecule has 1 N–H and O–H groups in total. The molecule has 0 aromatic heterocycles. The second-order valence-corrected chi connectivity index (χ2v) is 4.53. The summed E-state index contributed by atoms with van der Waals surface area (Å²) < 4.78 is 15.3. The zero-order chi connectivity index (χ0) is 11.3. The van der Waals surface area contributed by atoms with Crippen LogP contribution >= 0.6 is 0 Å². The first-order chi connectivity index (χ1) is 7.65. The number of carbonyl (C=O) groups is 1. The van der Waals surface area contributed by atoms with Gasteiger partial charge in [-0.2, -0.15) is 0 Å². The number of rotatable bonds is 1. The SMILES string of the molecule is COC(=O)C1CO[C@]2(O)OC[C@@H]3C=C[C@H]1[C@@H]32. The first-order valence-corrected chi connectivity index (χ1v) is 5.42. The standard InChI is InChI=1S/C11H14O5/c1-14-10(12)8-5-16-11(13)9-6(4-15-11)2-3-7(8)9/h2-3,6-9,13H,4-5H2,1H3/t6-,7+,8?,9+,11+/m0/s1. The van der Waals surface area contributed by atoms with Crippen LogP contribution in [0, 0.1) is 23.7 Å². The fraction of sp³-hybridized carbons (Fsp3) is 0.727. The number of esters is 1. The molecule has 0 saturated carbocycles. The van der Waals surface area contributed by atoms with Gasteiger partial charge in [0.05, 0.1) is 32.2 Å². The fourth-order valence-electron chi connectivity index (χ4n) is 3.00. The summed E-state index contributed by atoms with van der Waals surface area (Å²) in [5, 5.41) is 10.1. The lowest BCUT2D eigenvalue weighted by molar-refractivity contribution is -0.382. The highest BCUT2D eigenvalue weighted by molar-refractivity contribution is 5.73. The molecule has 5 atom stereocenters. The molecule has 0 bridgehead atoms. The summed E-state index contributed by atoms with van der Waals surface area (Å²) in [5.41, 5.74) is 0. The van der Waals surface area contributed by atoms with Crippen LogP contribution in [-0.2, 0) is 19.0 Å². The van der Waals surface area contributed by atoms with Crippen LogP contribution in [0.5, 0.6) is 0 Å². The first kappa shape index (κ1) is 10.3. The van der Waals surface area contributed by atoms with E-state index in [1.54, 1.807) is 0 Å². The zero-order valence-corrected chi connectivity index (χ0v) is 8.96. The molecule has 5 heteroatoms. The Labute approximate surface area is 93.0 Å². The molecule has 3 aliphatic rings. The van der Waals surface area contributed by atoms with E-state index in [1.807, 2.05) is 12.2 Å². The van der Waals surface area contributed by atoms with Gasteiger partial charge in [0.15, 0.2) is 0 Å². The molecule has 16 heavy (non-hydrogen) atoms. The molecule has 2 saturated heterocycles. The van der Waals surface area contributed by atoms with Gasteiger partial charge >= 0.3 is 5.97 Å². The Morgan fingerprint density at radius 3 is 2.94 bits per heavy atom. The van der Waals surface area contributed by atoms with Gasteiger partial charge in [-0.15, -0.1) is 0 Å².